The fourth-order valence-corrected chi connectivity index (χ4v) is 2.97. The Bertz CT molecular complexity index is 763. The molecule has 1 heterocycles. The van der Waals surface area contributed by atoms with E-state index in [1.54, 1.807) is 6.20 Å². The Hall–Kier alpha value is -1.65. The number of aromatic nitrogens is 2. The molecule has 2 aromatic carbocycles. The first-order chi connectivity index (χ1) is 10.6. The molecule has 0 amide bonds. The van der Waals surface area contributed by atoms with E-state index in [0.29, 0.717) is 13.0 Å². The van der Waals surface area contributed by atoms with Crippen LogP contribution in [0.1, 0.15) is 17.0 Å². The fourth-order valence-electron chi connectivity index (χ4n) is 2.33. The SMILES string of the molecule is Fc1cc(Br)cc(Cn2ccnc2Cc2ccc(Cl)cc2)c1. The van der Waals surface area contributed by atoms with E-state index in [0.717, 1.165) is 26.4 Å². The van der Waals surface area contributed by atoms with Crippen molar-refractivity contribution in [2.24, 2.45) is 0 Å². The van der Waals surface area contributed by atoms with Crippen molar-refractivity contribution in [1.82, 2.24) is 9.55 Å². The average molecular weight is 380 g/mol. The molecule has 0 aliphatic rings. The second-order valence-electron chi connectivity index (χ2n) is 5.05. The van der Waals surface area contributed by atoms with Gasteiger partial charge in [0.2, 0.25) is 0 Å². The van der Waals surface area contributed by atoms with Gasteiger partial charge in [0, 0.05) is 34.9 Å². The molecule has 0 N–H and O–H groups in total. The molecular formula is C17H13BrClFN2. The predicted octanol–water partition coefficient (Wildman–Crippen LogP) is 5.08. The Morgan fingerprint density at radius 1 is 1.09 bits per heavy atom. The largest absolute Gasteiger partial charge is 0.330 e. The lowest BCUT2D eigenvalue weighted by molar-refractivity contribution is 0.621. The Labute approximate surface area is 141 Å². The van der Waals surface area contributed by atoms with Crippen molar-refractivity contribution in [3.63, 3.8) is 0 Å². The molecule has 0 radical (unpaired) electrons. The first-order valence-corrected chi connectivity index (χ1v) is 7.97. The molecule has 3 rings (SSSR count). The van der Waals surface area contributed by atoms with Gasteiger partial charge >= 0.3 is 0 Å². The molecule has 0 fully saturated rings. The quantitative estimate of drug-likeness (QED) is 0.618. The van der Waals surface area contributed by atoms with Crippen LogP contribution in [0.25, 0.3) is 0 Å². The standard InChI is InChI=1S/C17H13BrClFN2/c18-14-7-13(8-16(20)10-14)11-22-6-5-21-17(22)9-12-1-3-15(19)4-2-12/h1-8,10H,9,11H2. The molecule has 0 spiro atoms. The predicted molar refractivity (Wildman–Crippen MR) is 89.7 cm³/mol. The smallest absolute Gasteiger partial charge is 0.124 e. The van der Waals surface area contributed by atoms with Gasteiger partial charge in [0.15, 0.2) is 0 Å². The van der Waals surface area contributed by atoms with Gasteiger partial charge in [0.05, 0.1) is 0 Å². The van der Waals surface area contributed by atoms with E-state index in [2.05, 4.69) is 20.9 Å². The van der Waals surface area contributed by atoms with E-state index >= 15 is 0 Å². The second kappa shape index (κ2) is 6.63. The summed E-state index contributed by atoms with van der Waals surface area (Å²) in [6.07, 6.45) is 4.38. The molecule has 0 bridgehead atoms. The highest BCUT2D eigenvalue weighted by atomic mass is 79.9. The zero-order valence-electron chi connectivity index (χ0n) is 11.6. The Kier molecular flexibility index (Phi) is 4.60. The van der Waals surface area contributed by atoms with Crippen LogP contribution in [0.2, 0.25) is 5.02 Å². The molecule has 3 aromatic rings. The highest BCUT2D eigenvalue weighted by Gasteiger charge is 2.06. The maximum absolute atomic E-state index is 13.5. The summed E-state index contributed by atoms with van der Waals surface area (Å²) >= 11 is 9.22. The zero-order valence-corrected chi connectivity index (χ0v) is 14.0. The number of hydrogen-bond acceptors (Lipinski definition) is 1. The topological polar surface area (TPSA) is 17.8 Å². The zero-order chi connectivity index (χ0) is 15.5. The van der Waals surface area contributed by atoms with Crippen molar-refractivity contribution in [2.45, 2.75) is 13.0 Å². The normalized spacial score (nSPS) is 10.9. The van der Waals surface area contributed by atoms with Crippen molar-refractivity contribution in [1.29, 1.82) is 0 Å². The van der Waals surface area contributed by atoms with Crippen molar-refractivity contribution in [3.8, 4) is 0 Å². The molecule has 0 unspecified atom stereocenters. The van der Waals surface area contributed by atoms with E-state index in [4.69, 9.17) is 11.6 Å². The summed E-state index contributed by atoms with van der Waals surface area (Å²) in [4.78, 5) is 4.40. The van der Waals surface area contributed by atoms with Gasteiger partial charge in [0.25, 0.3) is 0 Å². The molecular weight excluding hydrogens is 367 g/mol. The molecule has 5 heteroatoms. The third-order valence-electron chi connectivity index (χ3n) is 3.35. The minimum atomic E-state index is -0.247. The van der Waals surface area contributed by atoms with Crippen LogP contribution in [0.15, 0.2) is 59.3 Å². The summed E-state index contributed by atoms with van der Waals surface area (Å²) in [5.74, 6) is 0.687. The summed E-state index contributed by atoms with van der Waals surface area (Å²) in [5, 5.41) is 0.719. The summed E-state index contributed by atoms with van der Waals surface area (Å²) in [5.41, 5.74) is 2.03. The molecule has 0 aliphatic heterocycles. The van der Waals surface area contributed by atoms with Crippen molar-refractivity contribution in [2.75, 3.05) is 0 Å². The number of hydrogen-bond donors (Lipinski definition) is 0. The molecule has 0 aliphatic carbocycles. The van der Waals surface area contributed by atoms with E-state index in [1.165, 1.54) is 12.1 Å². The molecule has 0 saturated heterocycles. The van der Waals surface area contributed by atoms with Crippen LogP contribution in [-0.2, 0) is 13.0 Å². The van der Waals surface area contributed by atoms with Gasteiger partial charge in [-0.15, -0.1) is 0 Å². The van der Waals surface area contributed by atoms with Crippen LogP contribution in [0.5, 0.6) is 0 Å². The van der Waals surface area contributed by atoms with E-state index in [1.807, 2.05) is 41.1 Å². The van der Waals surface area contributed by atoms with Crippen molar-refractivity contribution < 1.29 is 4.39 Å². The van der Waals surface area contributed by atoms with Gasteiger partial charge in [0.1, 0.15) is 11.6 Å². The molecule has 0 atom stereocenters. The van der Waals surface area contributed by atoms with Gasteiger partial charge in [-0.1, -0.05) is 39.7 Å². The summed E-state index contributed by atoms with van der Waals surface area (Å²) < 4.78 is 16.2. The van der Waals surface area contributed by atoms with Crippen LogP contribution in [0.3, 0.4) is 0 Å². The maximum Gasteiger partial charge on any atom is 0.124 e. The number of halogens is 3. The average Bonchev–Trinajstić information content (AvgIpc) is 2.87. The van der Waals surface area contributed by atoms with Crippen LogP contribution >= 0.6 is 27.5 Å². The lowest BCUT2D eigenvalue weighted by Crippen LogP contribution is -2.05. The minimum Gasteiger partial charge on any atom is -0.330 e. The Morgan fingerprint density at radius 3 is 2.59 bits per heavy atom. The van der Waals surface area contributed by atoms with Crippen LogP contribution in [0.4, 0.5) is 4.39 Å². The molecule has 112 valence electrons. The van der Waals surface area contributed by atoms with Crippen LogP contribution in [-0.4, -0.2) is 9.55 Å². The van der Waals surface area contributed by atoms with Gasteiger partial charge in [-0.2, -0.15) is 0 Å². The van der Waals surface area contributed by atoms with Crippen LogP contribution in [0, 0.1) is 5.82 Å². The third-order valence-corrected chi connectivity index (χ3v) is 4.06. The molecule has 1 aromatic heterocycles. The van der Waals surface area contributed by atoms with Gasteiger partial charge in [-0.3, -0.25) is 0 Å². The van der Waals surface area contributed by atoms with Crippen LogP contribution < -0.4 is 0 Å². The molecule has 0 saturated carbocycles. The number of rotatable bonds is 4. The monoisotopic (exact) mass is 378 g/mol. The Balaban J connectivity index is 1.81. The fraction of sp³-hybridized carbons (Fsp3) is 0.118. The summed E-state index contributed by atoms with van der Waals surface area (Å²) in [6, 6.07) is 12.6. The lowest BCUT2D eigenvalue weighted by Gasteiger charge is -2.09. The van der Waals surface area contributed by atoms with E-state index in [-0.39, 0.29) is 5.82 Å². The first-order valence-electron chi connectivity index (χ1n) is 6.79. The van der Waals surface area contributed by atoms with Gasteiger partial charge in [-0.25, -0.2) is 9.37 Å². The van der Waals surface area contributed by atoms with Gasteiger partial charge < -0.3 is 4.57 Å². The molecule has 2 nitrogen and oxygen atoms in total. The van der Waals surface area contributed by atoms with E-state index < -0.39 is 0 Å². The second-order valence-corrected chi connectivity index (χ2v) is 6.40. The minimum absolute atomic E-state index is 0.247. The summed E-state index contributed by atoms with van der Waals surface area (Å²) in [6.45, 7) is 0.583. The third kappa shape index (κ3) is 3.76. The number of nitrogens with zero attached hydrogens (tertiary/aromatic N) is 2. The number of benzene rings is 2. The lowest BCUT2D eigenvalue weighted by atomic mass is 10.1. The maximum atomic E-state index is 13.5. The first kappa shape index (κ1) is 15.3. The van der Waals surface area contributed by atoms with E-state index in [9.17, 15) is 4.39 Å². The number of imidazole rings is 1. The summed E-state index contributed by atoms with van der Waals surface area (Å²) in [7, 11) is 0. The highest BCUT2D eigenvalue weighted by molar-refractivity contribution is 9.10. The highest BCUT2D eigenvalue weighted by Crippen LogP contribution is 2.18. The Morgan fingerprint density at radius 2 is 1.86 bits per heavy atom. The van der Waals surface area contributed by atoms with Crippen molar-refractivity contribution >= 4 is 27.5 Å². The molecule has 22 heavy (non-hydrogen) atoms. The van der Waals surface area contributed by atoms with Gasteiger partial charge in [-0.05, 0) is 41.5 Å². The van der Waals surface area contributed by atoms with Crippen molar-refractivity contribution in [3.05, 3.63) is 87.1 Å².